The third kappa shape index (κ3) is 1.50. The van der Waals surface area contributed by atoms with Crippen LogP contribution in [0.15, 0.2) is 70.1 Å². The van der Waals surface area contributed by atoms with Crippen LogP contribution in [0.3, 0.4) is 0 Å². The van der Waals surface area contributed by atoms with E-state index in [-0.39, 0.29) is 5.63 Å². The molecule has 0 radical (unpaired) electrons. The Morgan fingerprint density at radius 1 is 0.900 bits per heavy atom. The maximum atomic E-state index is 12.1. The Hall–Kier alpha value is -2.81. The Morgan fingerprint density at radius 3 is 2.50 bits per heavy atom. The molecule has 0 saturated heterocycles. The first-order valence-corrected chi connectivity index (χ1v) is 6.42. The summed E-state index contributed by atoms with van der Waals surface area (Å²) in [6.45, 7) is 0. The standard InChI is InChI=1S/C17H11NO2/c19-17-15-12-8-4-5-9-14(12)18-16(15)13(10-20-17)11-6-2-1-3-7-11/h1-10,18H. The van der Waals surface area contributed by atoms with Crippen molar-refractivity contribution in [1.29, 1.82) is 0 Å². The second kappa shape index (κ2) is 4.10. The minimum atomic E-state index is -0.308. The van der Waals surface area contributed by atoms with Crippen LogP contribution in [0.2, 0.25) is 0 Å². The van der Waals surface area contributed by atoms with Crippen molar-refractivity contribution in [2.75, 3.05) is 0 Å². The lowest BCUT2D eigenvalue weighted by Crippen LogP contribution is -1.98. The van der Waals surface area contributed by atoms with Gasteiger partial charge in [-0.3, -0.25) is 0 Å². The quantitative estimate of drug-likeness (QED) is 0.564. The first-order chi connectivity index (χ1) is 9.84. The molecule has 3 nitrogen and oxygen atoms in total. The monoisotopic (exact) mass is 261 g/mol. The Balaban J connectivity index is 2.19. The smallest absolute Gasteiger partial charge is 0.345 e. The minimum absolute atomic E-state index is 0.308. The van der Waals surface area contributed by atoms with E-state index in [0.717, 1.165) is 27.5 Å². The van der Waals surface area contributed by atoms with Crippen LogP contribution in [-0.2, 0) is 0 Å². The van der Waals surface area contributed by atoms with E-state index in [1.165, 1.54) is 6.26 Å². The van der Waals surface area contributed by atoms with Gasteiger partial charge in [-0.25, -0.2) is 4.79 Å². The first kappa shape index (κ1) is 11.1. The fourth-order valence-electron chi connectivity index (χ4n) is 2.62. The zero-order chi connectivity index (χ0) is 13.5. The molecule has 0 spiro atoms. The SMILES string of the molecule is O=c1occ(-c2ccccc2)c2[nH]c3ccccc3c12. The molecular weight excluding hydrogens is 250 g/mol. The first-order valence-electron chi connectivity index (χ1n) is 6.42. The van der Waals surface area contributed by atoms with Crippen LogP contribution in [-0.4, -0.2) is 4.98 Å². The molecule has 4 rings (SSSR count). The van der Waals surface area contributed by atoms with Crippen LogP contribution in [0.25, 0.3) is 32.9 Å². The highest BCUT2D eigenvalue weighted by molar-refractivity contribution is 6.10. The molecule has 0 amide bonds. The van der Waals surface area contributed by atoms with Crippen molar-refractivity contribution in [2.45, 2.75) is 0 Å². The molecule has 0 aliphatic heterocycles. The molecule has 1 N–H and O–H groups in total. The van der Waals surface area contributed by atoms with Gasteiger partial charge in [0.1, 0.15) is 6.26 Å². The predicted molar refractivity (Wildman–Crippen MR) is 79.8 cm³/mol. The maximum absolute atomic E-state index is 12.1. The minimum Gasteiger partial charge on any atom is -0.430 e. The Morgan fingerprint density at radius 2 is 1.65 bits per heavy atom. The average Bonchev–Trinajstić information content (AvgIpc) is 2.88. The molecule has 0 aliphatic rings. The number of nitrogens with one attached hydrogen (secondary N) is 1. The van der Waals surface area contributed by atoms with Crippen molar-refractivity contribution in [2.24, 2.45) is 0 Å². The summed E-state index contributed by atoms with van der Waals surface area (Å²) in [6.07, 6.45) is 1.52. The Kier molecular flexibility index (Phi) is 2.27. The van der Waals surface area contributed by atoms with Crippen molar-refractivity contribution in [3.05, 3.63) is 71.3 Å². The van der Waals surface area contributed by atoms with E-state index in [1.54, 1.807) is 0 Å². The summed E-state index contributed by atoms with van der Waals surface area (Å²) in [5.41, 5.74) is 3.38. The summed E-state index contributed by atoms with van der Waals surface area (Å²) < 4.78 is 5.22. The largest absolute Gasteiger partial charge is 0.430 e. The number of fused-ring (bicyclic) bond motifs is 3. The third-order valence-electron chi connectivity index (χ3n) is 3.55. The summed E-state index contributed by atoms with van der Waals surface area (Å²) in [4.78, 5) is 15.4. The molecule has 0 unspecified atom stereocenters. The number of benzene rings is 2. The van der Waals surface area contributed by atoms with Crippen molar-refractivity contribution < 1.29 is 4.42 Å². The highest BCUT2D eigenvalue weighted by Gasteiger charge is 2.13. The Labute approximate surface area is 114 Å². The molecule has 4 aromatic rings. The van der Waals surface area contributed by atoms with Crippen LogP contribution in [0.5, 0.6) is 0 Å². The van der Waals surface area contributed by atoms with Gasteiger partial charge in [0, 0.05) is 16.5 Å². The number of hydrogen-bond acceptors (Lipinski definition) is 2. The van der Waals surface area contributed by atoms with Crippen LogP contribution in [0.4, 0.5) is 0 Å². The summed E-state index contributed by atoms with van der Waals surface area (Å²) in [5, 5.41) is 1.51. The van der Waals surface area contributed by atoms with Gasteiger partial charge in [0.05, 0.1) is 10.9 Å². The highest BCUT2D eigenvalue weighted by Crippen LogP contribution is 2.30. The van der Waals surface area contributed by atoms with E-state index in [9.17, 15) is 4.79 Å². The predicted octanol–water partition coefficient (Wildman–Crippen LogP) is 3.94. The number of para-hydroxylation sites is 1. The number of aromatic amines is 1. The van der Waals surface area contributed by atoms with Crippen molar-refractivity contribution in [3.63, 3.8) is 0 Å². The van der Waals surface area contributed by atoms with E-state index in [4.69, 9.17) is 4.42 Å². The summed E-state index contributed by atoms with van der Waals surface area (Å²) >= 11 is 0. The van der Waals surface area contributed by atoms with Crippen molar-refractivity contribution in [3.8, 4) is 11.1 Å². The van der Waals surface area contributed by atoms with Crippen molar-refractivity contribution >= 4 is 21.8 Å². The zero-order valence-corrected chi connectivity index (χ0v) is 10.6. The Bertz CT molecular complexity index is 965. The van der Waals surface area contributed by atoms with Gasteiger partial charge in [0.25, 0.3) is 0 Å². The molecule has 0 atom stereocenters. The third-order valence-corrected chi connectivity index (χ3v) is 3.55. The molecule has 0 saturated carbocycles. The van der Waals surface area contributed by atoms with Gasteiger partial charge < -0.3 is 9.40 Å². The molecule has 0 aliphatic carbocycles. The molecule has 0 fully saturated rings. The number of H-pyrrole nitrogens is 1. The fourth-order valence-corrected chi connectivity index (χ4v) is 2.62. The highest BCUT2D eigenvalue weighted by atomic mass is 16.4. The van der Waals surface area contributed by atoms with E-state index in [2.05, 4.69) is 4.98 Å². The lowest BCUT2D eigenvalue weighted by Gasteiger charge is -2.01. The topological polar surface area (TPSA) is 46.0 Å². The van der Waals surface area contributed by atoms with Crippen LogP contribution < -0.4 is 5.63 Å². The second-order valence-corrected chi connectivity index (χ2v) is 4.72. The van der Waals surface area contributed by atoms with Gasteiger partial charge in [0.2, 0.25) is 0 Å². The van der Waals surface area contributed by atoms with Gasteiger partial charge >= 0.3 is 5.63 Å². The summed E-state index contributed by atoms with van der Waals surface area (Å²) in [5.74, 6) is 0. The summed E-state index contributed by atoms with van der Waals surface area (Å²) in [7, 11) is 0. The van der Waals surface area contributed by atoms with E-state index >= 15 is 0 Å². The maximum Gasteiger partial charge on any atom is 0.345 e. The molecule has 96 valence electrons. The molecule has 2 heterocycles. The van der Waals surface area contributed by atoms with Crippen LogP contribution >= 0.6 is 0 Å². The van der Waals surface area contributed by atoms with Gasteiger partial charge in [-0.05, 0) is 11.6 Å². The molecule has 20 heavy (non-hydrogen) atoms. The average molecular weight is 261 g/mol. The normalized spacial score (nSPS) is 11.2. The van der Waals surface area contributed by atoms with Crippen molar-refractivity contribution in [1.82, 2.24) is 4.98 Å². The fraction of sp³-hybridized carbons (Fsp3) is 0. The second-order valence-electron chi connectivity index (χ2n) is 4.72. The van der Waals surface area contributed by atoms with Gasteiger partial charge in [0.15, 0.2) is 0 Å². The van der Waals surface area contributed by atoms with Gasteiger partial charge in [-0.2, -0.15) is 0 Å². The molecule has 2 aromatic carbocycles. The number of hydrogen-bond donors (Lipinski definition) is 1. The summed E-state index contributed by atoms with van der Waals surface area (Å²) in [6, 6.07) is 17.7. The molecule has 3 heteroatoms. The number of rotatable bonds is 1. The molecule has 0 bridgehead atoms. The lowest BCUT2D eigenvalue weighted by molar-refractivity contribution is 0.521. The van der Waals surface area contributed by atoms with Gasteiger partial charge in [-0.1, -0.05) is 48.5 Å². The lowest BCUT2D eigenvalue weighted by atomic mass is 10.1. The number of aromatic nitrogens is 1. The van der Waals surface area contributed by atoms with E-state index in [0.29, 0.717) is 5.39 Å². The van der Waals surface area contributed by atoms with E-state index < -0.39 is 0 Å². The molecule has 2 aromatic heterocycles. The van der Waals surface area contributed by atoms with Crippen LogP contribution in [0.1, 0.15) is 0 Å². The van der Waals surface area contributed by atoms with Crippen LogP contribution in [0, 0.1) is 0 Å². The van der Waals surface area contributed by atoms with Gasteiger partial charge in [-0.15, -0.1) is 0 Å². The zero-order valence-electron chi connectivity index (χ0n) is 10.6. The van der Waals surface area contributed by atoms with E-state index in [1.807, 2.05) is 54.6 Å². The molecular formula is C17H11NO2.